The van der Waals surface area contributed by atoms with Crippen LogP contribution >= 0.6 is 0 Å². The second-order valence-corrected chi connectivity index (χ2v) is 11.4. The van der Waals surface area contributed by atoms with E-state index < -0.39 is 0 Å². The van der Waals surface area contributed by atoms with Gasteiger partial charge in [0.1, 0.15) is 18.6 Å². The maximum absolute atomic E-state index is 12.1. The first-order chi connectivity index (χ1) is 13.9. The highest BCUT2D eigenvalue weighted by Crippen LogP contribution is 2.79. The minimum absolute atomic E-state index is 0.0594. The number of hydrogen-bond donors (Lipinski definition) is 0. The van der Waals surface area contributed by atoms with Crippen molar-refractivity contribution in [3.05, 3.63) is 12.2 Å². The normalized spacial score (nSPS) is 59.4. The molecular weight excluding hydrogens is 366 g/mol. The number of fused-ring (bicyclic) bond motifs is 4. The Morgan fingerprint density at radius 2 is 2.03 bits per heavy atom. The Bertz CT molecular complexity index is 813. The van der Waals surface area contributed by atoms with Crippen molar-refractivity contribution < 1.29 is 19.0 Å². The molecule has 5 aliphatic carbocycles. The van der Waals surface area contributed by atoms with Gasteiger partial charge in [-0.3, -0.25) is 4.79 Å². The SMILES string of the molecule is C=C1[C@H]2CC[C@]3([C@@H](C2)[C@]24CCC[C@@]5(C)[C@H]2C[C@@H]3O[C@H]4N2CCO[C@@H]25)[C@H]1OC(C)=O. The number of rotatable bonds is 1. The van der Waals surface area contributed by atoms with Crippen LogP contribution in [-0.4, -0.2) is 48.7 Å². The van der Waals surface area contributed by atoms with Crippen LogP contribution in [0.3, 0.4) is 0 Å². The van der Waals surface area contributed by atoms with Gasteiger partial charge < -0.3 is 14.2 Å². The van der Waals surface area contributed by atoms with E-state index in [2.05, 4.69) is 18.4 Å². The molecule has 0 unspecified atom stereocenters. The van der Waals surface area contributed by atoms with Crippen LogP contribution < -0.4 is 0 Å². The molecule has 0 amide bonds. The number of piperidine rings is 1. The summed E-state index contributed by atoms with van der Waals surface area (Å²) in [6, 6.07) is 0. The average molecular weight is 400 g/mol. The van der Waals surface area contributed by atoms with Gasteiger partial charge in [-0.05, 0) is 61.9 Å². The zero-order valence-electron chi connectivity index (χ0n) is 17.7. The fourth-order valence-electron chi connectivity index (χ4n) is 10.0. The highest BCUT2D eigenvalue weighted by molar-refractivity contribution is 5.67. The van der Waals surface area contributed by atoms with Gasteiger partial charge in [0.05, 0.1) is 12.7 Å². The molecule has 0 radical (unpaired) electrons. The van der Waals surface area contributed by atoms with E-state index in [0.29, 0.717) is 17.8 Å². The van der Waals surface area contributed by atoms with Crippen LogP contribution in [0.25, 0.3) is 0 Å². The van der Waals surface area contributed by atoms with Crippen LogP contribution in [0.1, 0.15) is 58.8 Å². The molecule has 4 saturated heterocycles. The summed E-state index contributed by atoms with van der Waals surface area (Å²) in [6.45, 7) is 10.3. The standard InChI is InChI=1S/C24H33NO4/c1-13-15-5-8-24(19(13)28-14(2)26)17(11-15)23-7-4-6-22(3)16(23)12-18(24)29-21(23)25-9-10-27-20(22)25/h15-21H,1,4-12H2,2-3H3/t15-,16+,17-,18-,19-,20+,21+,22-,23-,24+/m0/s1. The largest absolute Gasteiger partial charge is 0.457 e. The Kier molecular flexibility index (Phi) is 3.23. The van der Waals surface area contributed by atoms with Crippen LogP contribution in [-0.2, 0) is 19.0 Å². The predicted octanol–water partition coefficient (Wildman–Crippen LogP) is 3.48. The van der Waals surface area contributed by atoms with E-state index in [1.165, 1.54) is 37.7 Å². The monoisotopic (exact) mass is 399 g/mol. The molecule has 9 aliphatic rings. The number of hydrogen-bond acceptors (Lipinski definition) is 5. The molecule has 9 fully saturated rings. The van der Waals surface area contributed by atoms with E-state index in [1.807, 2.05) is 0 Å². The summed E-state index contributed by atoms with van der Waals surface area (Å²) in [5.74, 6) is 1.57. The summed E-state index contributed by atoms with van der Waals surface area (Å²) in [6.07, 6.45) is 8.86. The molecule has 5 nitrogen and oxygen atoms in total. The van der Waals surface area contributed by atoms with E-state index in [-0.39, 0.29) is 46.9 Å². The number of carbonyl (C=O) groups excluding carboxylic acids is 1. The number of esters is 1. The molecule has 2 spiro atoms. The fraction of sp³-hybridized carbons (Fsp3) is 0.875. The molecular formula is C24H33NO4. The lowest BCUT2D eigenvalue weighted by molar-refractivity contribution is -0.422. The molecule has 0 aromatic carbocycles. The Balaban J connectivity index is 1.42. The second-order valence-electron chi connectivity index (χ2n) is 11.4. The van der Waals surface area contributed by atoms with Gasteiger partial charge >= 0.3 is 5.97 Å². The van der Waals surface area contributed by atoms with Crippen molar-refractivity contribution in [2.24, 2.45) is 34.0 Å². The first-order valence-corrected chi connectivity index (χ1v) is 11.8. The summed E-state index contributed by atoms with van der Waals surface area (Å²) in [5.41, 5.74) is 1.51. The Morgan fingerprint density at radius 3 is 2.86 bits per heavy atom. The quantitative estimate of drug-likeness (QED) is 0.499. The third-order valence-corrected chi connectivity index (χ3v) is 10.7. The van der Waals surface area contributed by atoms with E-state index in [9.17, 15) is 4.79 Å². The van der Waals surface area contributed by atoms with E-state index in [1.54, 1.807) is 6.92 Å². The first kappa shape index (κ1) is 17.7. The summed E-state index contributed by atoms with van der Waals surface area (Å²) < 4.78 is 19.5. The van der Waals surface area contributed by atoms with Crippen molar-refractivity contribution >= 4 is 5.97 Å². The van der Waals surface area contributed by atoms with Gasteiger partial charge in [0, 0.05) is 29.7 Å². The van der Waals surface area contributed by atoms with Gasteiger partial charge in [0.25, 0.3) is 0 Å². The molecule has 4 heterocycles. The predicted molar refractivity (Wildman–Crippen MR) is 106 cm³/mol. The zero-order valence-corrected chi connectivity index (χ0v) is 17.7. The lowest BCUT2D eigenvalue weighted by Gasteiger charge is -2.80. The minimum Gasteiger partial charge on any atom is -0.457 e. The molecule has 0 N–H and O–H groups in total. The maximum atomic E-state index is 12.1. The molecule has 29 heavy (non-hydrogen) atoms. The Hall–Kier alpha value is -0.910. The smallest absolute Gasteiger partial charge is 0.303 e. The molecule has 0 aromatic rings. The maximum Gasteiger partial charge on any atom is 0.303 e. The number of nitrogens with zero attached hydrogens (tertiary/aromatic N) is 1. The molecule has 4 aliphatic heterocycles. The third kappa shape index (κ3) is 1.74. The van der Waals surface area contributed by atoms with E-state index >= 15 is 0 Å². The van der Waals surface area contributed by atoms with Crippen LogP contribution in [0, 0.1) is 34.0 Å². The second kappa shape index (κ2) is 5.28. The molecule has 10 atom stereocenters. The van der Waals surface area contributed by atoms with Gasteiger partial charge in [-0.2, -0.15) is 0 Å². The summed E-state index contributed by atoms with van der Waals surface area (Å²) in [4.78, 5) is 14.7. The van der Waals surface area contributed by atoms with Crippen molar-refractivity contribution in [2.75, 3.05) is 13.2 Å². The Labute approximate surface area is 173 Å². The third-order valence-electron chi connectivity index (χ3n) is 10.7. The van der Waals surface area contributed by atoms with Gasteiger partial charge in [-0.15, -0.1) is 0 Å². The summed E-state index contributed by atoms with van der Waals surface area (Å²) >= 11 is 0. The summed E-state index contributed by atoms with van der Waals surface area (Å²) in [7, 11) is 0. The van der Waals surface area contributed by atoms with Crippen molar-refractivity contribution in [3.8, 4) is 0 Å². The average Bonchev–Trinajstić information content (AvgIpc) is 3.19. The van der Waals surface area contributed by atoms with Crippen LogP contribution in [0.2, 0.25) is 0 Å². The molecule has 9 rings (SSSR count). The van der Waals surface area contributed by atoms with Crippen molar-refractivity contribution in [2.45, 2.75) is 83.5 Å². The van der Waals surface area contributed by atoms with Gasteiger partial charge in [-0.25, -0.2) is 4.90 Å². The van der Waals surface area contributed by atoms with E-state index in [4.69, 9.17) is 14.2 Å². The van der Waals surface area contributed by atoms with Crippen molar-refractivity contribution in [3.63, 3.8) is 0 Å². The lowest BCUT2D eigenvalue weighted by Crippen LogP contribution is -2.83. The number of carbonyl (C=O) groups is 1. The van der Waals surface area contributed by atoms with Crippen LogP contribution in [0.5, 0.6) is 0 Å². The van der Waals surface area contributed by atoms with Gasteiger partial charge in [0.15, 0.2) is 0 Å². The van der Waals surface area contributed by atoms with Gasteiger partial charge in [0.2, 0.25) is 0 Å². The highest BCUT2D eigenvalue weighted by Gasteiger charge is 2.81. The minimum atomic E-state index is -0.169. The van der Waals surface area contributed by atoms with Crippen molar-refractivity contribution in [1.29, 1.82) is 0 Å². The number of ether oxygens (including phenoxy) is 3. The lowest BCUT2D eigenvalue weighted by atomic mass is 9.32. The van der Waals surface area contributed by atoms with Gasteiger partial charge in [-0.1, -0.05) is 19.9 Å². The highest BCUT2D eigenvalue weighted by atomic mass is 16.6. The molecule has 5 heteroatoms. The van der Waals surface area contributed by atoms with Crippen LogP contribution in [0.4, 0.5) is 0 Å². The topological polar surface area (TPSA) is 48.0 Å². The Morgan fingerprint density at radius 1 is 1.17 bits per heavy atom. The molecule has 5 saturated carbocycles. The molecule has 158 valence electrons. The molecule has 7 bridgehead atoms. The van der Waals surface area contributed by atoms with E-state index in [0.717, 1.165) is 26.0 Å². The zero-order chi connectivity index (χ0) is 19.8. The first-order valence-electron chi connectivity index (χ1n) is 11.8. The van der Waals surface area contributed by atoms with Crippen molar-refractivity contribution in [1.82, 2.24) is 4.90 Å². The summed E-state index contributed by atoms with van der Waals surface area (Å²) in [5, 5.41) is 0. The fourth-order valence-corrected chi connectivity index (χ4v) is 10.0. The molecule has 0 aromatic heterocycles. The van der Waals surface area contributed by atoms with Crippen LogP contribution in [0.15, 0.2) is 12.2 Å².